The normalized spacial score (nSPS) is 22.0. The zero-order valence-corrected chi connectivity index (χ0v) is 15.0. The zero-order valence-electron chi connectivity index (χ0n) is 15.0. The van der Waals surface area contributed by atoms with Crippen LogP contribution in [0.1, 0.15) is 41.1 Å². The van der Waals surface area contributed by atoms with Crippen LogP contribution in [0.15, 0.2) is 41.1 Å². The van der Waals surface area contributed by atoms with E-state index in [9.17, 15) is 4.79 Å². The average Bonchev–Trinajstić information content (AvgIpc) is 3.27. The summed E-state index contributed by atoms with van der Waals surface area (Å²) in [6.07, 6.45) is 5.98. The Morgan fingerprint density at radius 3 is 2.88 bits per heavy atom. The minimum Gasteiger partial charge on any atom is -0.459 e. The molecule has 6 nitrogen and oxygen atoms in total. The lowest BCUT2D eigenvalue weighted by Gasteiger charge is -2.38. The molecular formula is C20H24N2O4. The largest absolute Gasteiger partial charge is 0.459 e. The first-order chi connectivity index (χ1) is 12.7. The number of amides is 1. The molecule has 4 rings (SSSR count). The van der Waals surface area contributed by atoms with Crippen LogP contribution in [0.2, 0.25) is 0 Å². The molecule has 2 aliphatic rings. The van der Waals surface area contributed by atoms with Crippen molar-refractivity contribution in [2.24, 2.45) is 0 Å². The number of piperidine rings is 1. The van der Waals surface area contributed by atoms with Crippen LogP contribution < -0.4 is 0 Å². The molecule has 0 N–H and O–H groups in total. The Hall–Kier alpha value is -2.18. The van der Waals surface area contributed by atoms with E-state index in [0.717, 1.165) is 30.5 Å². The van der Waals surface area contributed by atoms with Crippen LogP contribution >= 0.6 is 0 Å². The lowest BCUT2D eigenvalue weighted by molar-refractivity contribution is -0.0416. The third-order valence-electron chi connectivity index (χ3n) is 5.39. The molecule has 0 aromatic carbocycles. The molecule has 0 aliphatic carbocycles. The molecule has 2 aromatic heterocycles. The molecule has 1 spiro atoms. The van der Waals surface area contributed by atoms with E-state index < -0.39 is 0 Å². The van der Waals surface area contributed by atoms with Crippen LogP contribution in [0, 0.1) is 6.92 Å². The first-order valence-corrected chi connectivity index (χ1v) is 9.14. The first kappa shape index (κ1) is 17.2. The predicted molar refractivity (Wildman–Crippen MR) is 94.7 cm³/mol. The summed E-state index contributed by atoms with van der Waals surface area (Å²) in [5.74, 6) is 0.424. The quantitative estimate of drug-likeness (QED) is 0.843. The number of nitrogens with zero attached hydrogens (tertiary/aromatic N) is 2. The van der Waals surface area contributed by atoms with Crippen molar-refractivity contribution in [3.63, 3.8) is 0 Å². The lowest BCUT2D eigenvalue weighted by atomic mass is 9.88. The van der Waals surface area contributed by atoms with Crippen LogP contribution in [0.25, 0.3) is 0 Å². The minimum atomic E-state index is -0.163. The zero-order chi connectivity index (χ0) is 18.0. The van der Waals surface area contributed by atoms with Crippen LogP contribution in [-0.2, 0) is 16.1 Å². The van der Waals surface area contributed by atoms with E-state index in [0.29, 0.717) is 32.1 Å². The standard InChI is InChI=1S/C20H24N2O4/c1-15-5-11-24-18(15)19(23)22-9-6-20(7-10-22)12-17(14-26-20)25-13-16-4-2-3-8-21-16/h2-5,8,11,17H,6-7,9-10,12-14H2,1H3/t17-/m1/s1. The van der Waals surface area contributed by atoms with Crippen molar-refractivity contribution in [2.45, 2.75) is 44.5 Å². The van der Waals surface area contributed by atoms with Crippen molar-refractivity contribution in [3.05, 3.63) is 53.7 Å². The monoisotopic (exact) mass is 356 g/mol. The fourth-order valence-electron chi connectivity index (χ4n) is 3.80. The van der Waals surface area contributed by atoms with Crippen molar-refractivity contribution in [2.75, 3.05) is 19.7 Å². The molecule has 0 bridgehead atoms. The van der Waals surface area contributed by atoms with Gasteiger partial charge in [0, 0.05) is 31.3 Å². The lowest BCUT2D eigenvalue weighted by Crippen LogP contribution is -2.46. The number of hydrogen-bond acceptors (Lipinski definition) is 5. The van der Waals surface area contributed by atoms with E-state index in [1.807, 2.05) is 36.1 Å². The summed E-state index contributed by atoms with van der Waals surface area (Å²) in [5.41, 5.74) is 1.65. The topological polar surface area (TPSA) is 64.8 Å². The number of ether oxygens (including phenoxy) is 2. The highest BCUT2D eigenvalue weighted by Gasteiger charge is 2.44. The molecule has 4 heterocycles. The summed E-state index contributed by atoms with van der Waals surface area (Å²) in [6, 6.07) is 7.65. The maximum atomic E-state index is 12.6. The number of carbonyl (C=O) groups excluding carboxylic acids is 1. The molecule has 2 saturated heterocycles. The van der Waals surface area contributed by atoms with Gasteiger partial charge >= 0.3 is 0 Å². The second kappa shape index (κ2) is 7.21. The molecule has 6 heteroatoms. The molecular weight excluding hydrogens is 332 g/mol. The highest BCUT2D eigenvalue weighted by atomic mass is 16.6. The Bertz CT molecular complexity index is 750. The molecule has 2 aliphatic heterocycles. The van der Waals surface area contributed by atoms with Gasteiger partial charge in [0.15, 0.2) is 5.76 Å². The first-order valence-electron chi connectivity index (χ1n) is 9.14. The van der Waals surface area contributed by atoms with E-state index in [1.54, 1.807) is 12.5 Å². The number of furan rings is 1. The third-order valence-corrected chi connectivity index (χ3v) is 5.39. The van der Waals surface area contributed by atoms with E-state index in [4.69, 9.17) is 13.9 Å². The molecule has 2 aromatic rings. The second-order valence-electron chi connectivity index (χ2n) is 7.18. The maximum Gasteiger partial charge on any atom is 0.289 e. The average molecular weight is 356 g/mol. The van der Waals surface area contributed by atoms with Crippen molar-refractivity contribution in [1.29, 1.82) is 0 Å². The molecule has 0 radical (unpaired) electrons. The molecule has 0 saturated carbocycles. The van der Waals surface area contributed by atoms with Gasteiger partial charge in [-0.2, -0.15) is 0 Å². The summed E-state index contributed by atoms with van der Waals surface area (Å²) in [4.78, 5) is 18.7. The Balaban J connectivity index is 1.29. The molecule has 2 fully saturated rings. The van der Waals surface area contributed by atoms with Gasteiger partial charge in [-0.1, -0.05) is 6.07 Å². The fourth-order valence-corrected chi connectivity index (χ4v) is 3.80. The van der Waals surface area contributed by atoms with E-state index in [2.05, 4.69) is 4.98 Å². The van der Waals surface area contributed by atoms with E-state index in [1.165, 1.54) is 0 Å². The van der Waals surface area contributed by atoms with E-state index in [-0.39, 0.29) is 17.6 Å². The summed E-state index contributed by atoms with van der Waals surface area (Å²) in [5, 5.41) is 0. The number of likely N-dealkylation sites (tertiary alicyclic amines) is 1. The van der Waals surface area contributed by atoms with Gasteiger partial charge in [0.2, 0.25) is 0 Å². The van der Waals surface area contributed by atoms with Crippen molar-refractivity contribution in [3.8, 4) is 0 Å². The van der Waals surface area contributed by atoms with Gasteiger partial charge in [-0.15, -0.1) is 0 Å². The van der Waals surface area contributed by atoms with Crippen molar-refractivity contribution >= 4 is 5.91 Å². The minimum absolute atomic E-state index is 0.0247. The Labute approximate surface area is 153 Å². The Morgan fingerprint density at radius 2 is 2.19 bits per heavy atom. The van der Waals surface area contributed by atoms with Crippen LogP contribution in [-0.4, -0.2) is 47.2 Å². The Kier molecular flexibility index (Phi) is 4.78. The highest BCUT2D eigenvalue weighted by molar-refractivity contribution is 5.92. The Morgan fingerprint density at radius 1 is 1.35 bits per heavy atom. The van der Waals surface area contributed by atoms with Gasteiger partial charge in [-0.25, -0.2) is 0 Å². The molecule has 1 atom stereocenters. The predicted octanol–water partition coefficient (Wildman–Crippen LogP) is 2.96. The van der Waals surface area contributed by atoms with Crippen molar-refractivity contribution < 1.29 is 18.7 Å². The number of aromatic nitrogens is 1. The third kappa shape index (κ3) is 3.52. The molecule has 1 amide bonds. The van der Waals surface area contributed by atoms with Gasteiger partial charge in [0.1, 0.15) is 0 Å². The van der Waals surface area contributed by atoms with Gasteiger partial charge in [-0.05, 0) is 38.0 Å². The number of pyridine rings is 1. The summed E-state index contributed by atoms with van der Waals surface area (Å²) >= 11 is 0. The summed E-state index contributed by atoms with van der Waals surface area (Å²) in [7, 11) is 0. The number of hydrogen-bond donors (Lipinski definition) is 0. The number of carbonyl (C=O) groups is 1. The molecule has 0 unspecified atom stereocenters. The van der Waals surface area contributed by atoms with E-state index >= 15 is 0 Å². The highest BCUT2D eigenvalue weighted by Crippen LogP contribution is 2.37. The fraction of sp³-hybridized carbons (Fsp3) is 0.500. The van der Waals surface area contributed by atoms with Crippen molar-refractivity contribution in [1.82, 2.24) is 9.88 Å². The van der Waals surface area contributed by atoms with Gasteiger partial charge in [-0.3, -0.25) is 9.78 Å². The second-order valence-corrected chi connectivity index (χ2v) is 7.18. The smallest absolute Gasteiger partial charge is 0.289 e. The molecule has 138 valence electrons. The van der Waals surface area contributed by atoms with Crippen LogP contribution in [0.5, 0.6) is 0 Å². The van der Waals surface area contributed by atoms with Gasteiger partial charge in [0.05, 0.1) is 36.9 Å². The van der Waals surface area contributed by atoms with Gasteiger partial charge < -0.3 is 18.8 Å². The number of aryl methyl sites for hydroxylation is 1. The summed E-state index contributed by atoms with van der Waals surface area (Å²) < 4.78 is 17.4. The summed E-state index contributed by atoms with van der Waals surface area (Å²) in [6.45, 7) is 4.38. The van der Waals surface area contributed by atoms with Gasteiger partial charge in [0.25, 0.3) is 5.91 Å². The SMILES string of the molecule is Cc1ccoc1C(=O)N1CCC2(CC1)C[C@@H](OCc1ccccn1)CO2. The van der Waals surface area contributed by atoms with Crippen LogP contribution in [0.4, 0.5) is 0 Å². The maximum absolute atomic E-state index is 12.6. The van der Waals surface area contributed by atoms with Crippen LogP contribution in [0.3, 0.4) is 0 Å². The number of rotatable bonds is 4. The molecule has 26 heavy (non-hydrogen) atoms.